The van der Waals surface area contributed by atoms with Gasteiger partial charge >= 0.3 is 0 Å². The van der Waals surface area contributed by atoms with Crippen LogP contribution in [-0.4, -0.2) is 54.7 Å². The van der Waals surface area contributed by atoms with Gasteiger partial charge in [-0.15, -0.1) is 22.7 Å². The van der Waals surface area contributed by atoms with E-state index in [-0.39, 0.29) is 23.2 Å². The summed E-state index contributed by atoms with van der Waals surface area (Å²) < 4.78 is 27.4. The van der Waals surface area contributed by atoms with Crippen molar-refractivity contribution in [2.75, 3.05) is 26.2 Å². The van der Waals surface area contributed by atoms with Crippen LogP contribution in [0.4, 0.5) is 0 Å². The lowest BCUT2D eigenvalue weighted by Crippen LogP contribution is -2.50. The zero-order valence-corrected chi connectivity index (χ0v) is 17.8. The van der Waals surface area contributed by atoms with Gasteiger partial charge in [0, 0.05) is 37.1 Å². The van der Waals surface area contributed by atoms with E-state index >= 15 is 0 Å². The summed E-state index contributed by atoms with van der Waals surface area (Å²) in [5.41, 5.74) is 1.36. The van der Waals surface area contributed by atoms with E-state index in [2.05, 4.69) is 4.98 Å². The number of benzene rings is 1. The Kier molecular flexibility index (Phi) is 5.52. The number of thiophene rings is 1. The van der Waals surface area contributed by atoms with Gasteiger partial charge in [0.15, 0.2) is 0 Å². The Morgan fingerprint density at radius 3 is 2.39 bits per heavy atom. The first kappa shape index (κ1) is 19.5. The van der Waals surface area contributed by atoms with Gasteiger partial charge in [0.2, 0.25) is 0 Å². The van der Waals surface area contributed by atoms with Crippen molar-refractivity contribution < 1.29 is 13.2 Å². The molecule has 1 amide bonds. The minimum atomic E-state index is -3.57. The van der Waals surface area contributed by atoms with Crippen LogP contribution in [0.15, 0.2) is 52.1 Å². The van der Waals surface area contributed by atoms with Crippen LogP contribution in [0.5, 0.6) is 0 Å². The molecule has 6 nitrogen and oxygen atoms in total. The van der Waals surface area contributed by atoms with E-state index in [1.807, 2.05) is 30.3 Å². The van der Waals surface area contributed by atoms with Gasteiger partial charge in [0.05, 0.1) is 4.34 Å². The number of sulfonamides is 1. The SMILES string of the molecule is O=C(c1csc(-c2ccccc2)n1)N1CCN(S(=O)(=O)c2ccc(Cl)s2)CC1. The Balaban J connectivity index is 1.43. The monoisotopic (exact) mass is 453 g/mol. The highest BCUT2D eigenvalue weighted by molar-refractivity contribution is 7.91. The second-order valence-electron chi connectivity index (χ2n) is 6.16. The molecule has 146 valence electrons. The van der Waals surface area contributed by atoms with E-state index < -0.39 is 10.0 Å². The lowest BCUT2D eigenvalue weighted by Gasteiger charge is -2.33. The molecule has 4 rings (SSSR count). The molecular weight excluding hydrogens is 438 g/mol. The van der Waals surface area contributed by atoms with Gasteiger partial charge in [0.25, 0.3) is 15.9 Å². The number of piperazine rings is 1. The molecule has 0 aliphatic carbocycles. The normalized spacial score (nSPS) is 15.7. The average molecular weight is 454 g/mol. The molecule has 0 saturated carbocycles. The Morgan fingerprint density at radius 2 is 1.75 bits per heavy atom. The Morgan fingerprint density at radius 1 is 1.04 bits per heavy atom. The molecule has 1 aliphatic heterocycles. The first-order valence-corrected chi connectivity index (χ1v) is 12.0. The van der Waals surface area contributed by atoms with E-state index in [1.54, 1.807) is 16.3 Å². The maximum atomic E-state index is 12.8. The fourth-order valence-electron chi connectivity index (χ4n) is 2.94. The second kappa shape index (κ2) is 7.92. The summed E-state index contributed by atoms with van der Waals surface area (Å²) >= 11 is 8.32. The summed E-state index contributed by atoms with van der Waals surface area (Å²) in [5, 5.41) is 2.54. The minimum Gasteiger partial charge on any atom is -0.335 e. The third-order valence-corrected chi connectivity index (χ3v) is 8.90. The third kappa shape index (κ3) is 3.85. The number of thiazole rings is 1. The summed E-state index contributed by atoms with van der Waals surface area (Å²) in [6.45, 7) is 1.16. The van der Waals surface area contributed by atoms with Gasteiger partial charge in [-0.25, -0.2) is 13.4 Å². The molecule has 0 N–H and O–H groups in total. The largest absolute Gasteiger partial charge is 0.335 e. The number of nitrogens with zero attached hydrogens (tertiary/aromatic N) is 3. The number of rotatable bonds is 4. The molecule has 0 atom stereocenters. The van der Waals surface area contributed by atoms with Crippen LogP contribution in [0.3, 0.4) is 0 Å². The van der Waals surface area contributed by atoms with Crippen molar-refractivity contribution >= 4 is 50.2 Å². The summed E-state index contributed by atoms with van der Waals surface area (Å²) in [7, 11) is -3.57. The number of hydrogen-bond acceptors (Lipinski definition) is 6. The molecule has 0 unspecified atom stereocenters. The summed E-state index contributed by atoms with van der Waals surface area (Å²) in [6.07, 6.45) is 0. The van der Waals surface area contributed by atoms with Crippen LogP contribution in [0, 0.1) is 0 Å². The van der Waals surface area contributed by atoms with Crippen molar-refractivity contribution in [2.24, 2.45) is 0 Å². The summed E-state index contributed by atoms with van der Waals surface area (Å²) in [5.74, 6) is -0.172. The number of halogens is 1. The lowest BCUT2D eigenvalue weighted by molar-refractivity contribution is 0.0693. The van der Waals surface area contributed by atoms with Gasteiger partial charge in [0.1, 0.15) is 14.9 Å². The number of amides is 1. The van der Waals surface area contributed by atoms with Gasteiger partial charge < -0.3 is 4.90 Å². The van der Waals surface area contributed by atoms with Crippen molar-refractivity contribution in [3.63, 3.8) is 0 Å². The van der Waals surface area contributed by atoms with Crippen LogP contribution in [0.25, 0.3) is 10.6 Å². The average Bonchev–Trinajstić information content (AvgIpc) is 3.38. The molecule has 3 heterocycles. The highest BCUT2D eigenvalue weighted by Gasteiger charge is 2.32. The van der Waals surface area contributed by atoms with Crippen molar-refractivity contribution in [1.29, 1.82) is 0 Å². The van der Waals surface area contributed by atoms with Gasteiger partial charge in [-0.2, -0.15) is 4.31 Å². The molecule has 0 spiro atoms. The molecule has 2 aromatic heterocycles. The van der Waals surface area contributed by atoms with Gasteiger partial charge in [-0.1, -0.05) is 41.9 Å². The Labute approximate surface area is 176 Å². The summed E-state index contributed by atoms with van der Waals surface area (Å²) in [4.78, 5) is 18.9. The Hall–Kier alpha value is -1.78. The lowest BCUT2D eigenvalue weighted by atomic mass is 10.2. The zero-order chi connectivity index (χ0) is 19.7. The van der Waals surface area contributed by atoms with E-state index in [4.69, 9.17) is 11.6 Å². The zero-order valence-electron chi connectivity index (χ0n) is 14.6. The predicted molar refractivity (Wildman–Crippen MR) is 112 cm³/mol. The smallest absolute Gasteiger partial charge is 0.273 e. The highest BCUT2D eigenvalue weighted by Crippen LogP contribution is 2.29. The molecular formula is C18H16ClN3O3S3. The minimum absolute atomic E-state index is 0.172. The van der Waals surface area contributed by atoms with Crippen LogP contribution in [-0.2, 0) is 10.0 Å². The highest BCUT2D eigenvalue weighted by atomic mass is 35.5. The van der Waals surface area contributed by atoms with E-state index in [9.17, 15) is 13.2 Å². The molecule has 1 fully saturated rings. The molecule has 0 bridgehead atoms. The first-order valence-electron chi connectivity index (χ1n) is 8.51. The Bertz CT molecular complexity index is 1090. The van der Waals surface area contributed by atoms with E-state index in [0.717, 1.165) is 21.9 Å². The molecule has 28 heavy (non-hydrogen) atoms. The maximum Gasteiger partial charge on any atom is 0.273 e. The molecule has 10 heteroatoms. The number of hydrogen-bond donors (Lipinski definition) is 0. The van der Waals surface area contributed by atoms with Gasteiger partial charge in [-0.3, -0.25) is 4.79 Å². The fraction of sp³-hybridized carbons (Fsp3) is 0.222. The number of aromatic nitrogens is 1. The van der Waals surface area contributed by atoms with Gasteiger partial charge in [-0.05, 0) is 12.1 Å². The quantitative estimate of drug-likeness (QED) is 0.604. The second-order valence-corrected chi connectivity index (χ2v) is 10.9. The van der Waals surface area contributed by atoms with E-state index in [1.165, 1.54) is 21.7 Å². The van der Waals surface area contributed by atoms with Crippen LogP contribution >= 0.6 is 34.3 Å². The van der Waals surface area contributed by atoms with Crippen molar-refractivity contribution in [1.82, 2.24) is 14.2 Å². The standard InChI is InChI=1S/C18H16ClN3O3S3/c19-15-6-7-16(27-15)28(24,25)22-10-8-21(9-11-22)18(23)14-12-26-17(20-14)13-4-2-1-3-5-13/h1-7,12H,8-11H2. The van der Waals surface area contributed by atoms with E-state index in [0.29, 0.717) is 23.1 Å². The number of carbonyl (C=O) groups excluding carboxylic acids is 1. The first-order chi connectivity index (χ1) is 13.4. The predicted octanol–water partition coefficient (Wildman–Crippen LogP) is 3.67. The van der Waals surface area contributed by atoms with Crippen molar-refractivity contribution in [3.8, 4) is 10.6 Å². The molecule has 1 aliphatic rings. The molecule has 0 radical (unpaired) electrons. The van der Waals surface area contributed by atoms with Crippen LogP contribution < -0.4 is 0 Å². The fourth-order valence-corrected chi connectivity index (χ4v) is 6.80. The molecule has 1 aromatic carbocycles. The summed E-state index contributed by atoms with van der Waals surface area (Å²) in [6, 6.07) is 12.8. The van der Waals surface area contributed by atoms with Crippen LogP contribution in [0.1, 0.15) is 10.5 Å². The molecule has 1 saturated heterocycles. The van der Waals surface area contributed by atoms with Crippen LogP contribution in [0.2, 0.25) is 4.34 Å². The van der Waals surface area contributed by atoms with Crippen molar-refractivity contribution in [2.45, 2.75) is 4.21 Å². The maximum absolute atomic E-state index is 12.8. The topological polar surface area (TPSA) is 70.6 Å². The number of carbonyl (C=O) groups is 1. The third-order valence-electron chi connectivity index (χ3n) is 4.41. The van der Waals surface area contributed by atoms with Crippen molar-refractivity contribution in [3.05, 3.63) is 57.9 Å². The molecule has 3 aromatic rings.